The normalized spacial score (nSPS) is 10.7. The van der Waals surface area contributed by atoms with Gasteiger partial charge in [0.25, 0.3) is 0 Å². The van der Waals surface area contributed by atoms with Gasteiger partial charge in [-0.2, -0.15) is 0 Å². The van der Waals surface area contributed by atoms with Gasteiger partial charge in [-0.05, 0) is 24.3 Å². The molecule has 3 aromatic rings. The molecule has 0 saturated heterocycles. The Bertz CT molecular complexity index is 775. The van der Waals surface area contributed by atoms with Crippen molar-refractivity contribution in [2.75, 3.05) is 7.11 Å². The van der Waals surface area contributed by atoms with Crippen LogP contribution in [0.4, 0.5) is 0 Å². The number of ether oxygens (including phenoxy) is 1. The second-order valence-corrected chi connectivity index (χ2v) is 4.35. The minimum Gasteiger partial charge on any atom is -0.481 e. The number of rotatable bonds is 3. The van der Waals surface area contributed by atoms with Crippen LogP contribution in [0.25, 0.3) is 16.6 Å². The highest BCUT2D eigenvalue weighted by Crippen LogP contribution is 2.23. The smallest absolute Gasteiger partial charge is 0.249 e. The van der Waals surface area contributed by atoms with Crippen molar-refractivity contribution in [2.45, 2.75) is 0 Å². The first-order valence-electron chi connectivity index (χ1n) is 6.11. The molecule has 0 spiro atoms. The first-order valence-corrected chi connectivity index (χ1v) is 6.11. The monoisotopic (exact) mass is 267 g/mol. The Kier molecular flexibility index (Phi) is 2.87. The summed E-state index contributed by atoms with van der Waals surface area (Å²) in [6.45, 7) is 0. The third kappa shape index (κ3) is 1.89. The molecule has 20 heavy (non-hydrogen) atoms. The molecule has 0 aliphatic heterocycles. The lowest BCUT2D eigenvalue weighted by Crippen LogP contribution is -2.11. The van der Waals surface area contributed by atoms with Crippen molar-refractivity contribution < 1.29 is 9.53 Å². The van der Waals surface area contributed by atoms with E-state index in [0.717, 1.165) is 16.6 Å². The summed E-state index contributed by atoms with van der Waals surface area (Å²) in [7, 11) is 1.58. The number of fused-ring (bicyclic) bond motifs is 1. The topological polar surface area (TPSA) is 70.1 Å². The number of carbonyl (C=O) groups is 1. The average Bonchev–Trinajstić information content (AvgIpc) is 2.91. The van der Waals surface area contributed by atoms with Crippen molar-refractivity contribution in [3.8, 4) is 11.6 Å². The van der Waals surface area contributed by atoms with E-state index in [1.807, 2.05) is 35.0 Å². The Morgan fingerprint density at radius 2 is 2.10 bits per heavy atom. The zero-order valence-electron chi connectivity index (χ0n) is 10.9. The molecule has 0 unspecified atom stereocenters. The number of methoxy groups -OCH3 is 1. The van der Waals surface area contributed by atoms with E-state index in [9.17, 15) is 4.79 Å². The zero-order chi connectivity index (χ0) is 14.1. The molecule has 1 aromatic carbocycles. The maximum Gasteiger partial charge on any atom is 0.249 e. The average molecular weight is 267 g/mol. The van der Waals surface area contributed by atoms with Crippen LogP contribution in [-0.2, 0) is 0 Å². The fourth-order valence-electron chi connectivity index (χ4n) is 2.24. The van der Waals surface area contributed by atoms with Crippen molar-refractivity contribution in [3.05, 3.63) is 54.4 Å². The minimum absolute atomic E-state index is 0.429. The van der Waals surface area contributed by atoms with Gasteiger partial charge in [0.05, 0.1) is 24.5 Å². The molecule has 0 aliphatic rings. The van der Waals surface area contributed by atoms with E-state index in [1.54, 1.807) is 25.4 Å². The molecule has 2 aromatic heterocycles. The van der Waals surface area contributed by atoms with Gasteiger partial charge in [-0.3, -0.25) is 4.79 Å². The summed E-state index contributed by atoms with van der Waals surface area (Å²) >= 11 is 0. The van der Waals surface area contributed by atoms with Crippen LogP contribution in [0.5, 0.6) is 5.88 Å². The standard InChI is InChI=1S/C15H13N3O2/c1-20-14-6-5-10(9-17-14)18-8-7-11-12(15(16)19)3-2-4-13(11)18/h2-9H,1H3,(H2,16,19). The number of carbonyl (C=O) groups excluding carboxylic acids is 1. The van der Waals surface area contributed by atoms with Crippen molar-refractivity contribution >= 4 is 16.8 Å². The van der Waals surface area contributed by atoms with Gasteiger partial charge < -0.3 is 15.0 Å². The van der Waals surface area contributed by atoms with Gasteiger partial charge in [0.1, 0.15) is 0 Å². The summed E-state index contributed by atoms with van der Waals surface area (Å²) < 4.78 is 7.00. The molecule has 3 rings (SSSR count). The van der Waals surface area contributed by atoms with Gasteiger partial charge >= 0.3 is 0 Å². The van der Waals surface area contributed by atoms with E-state index in [2.05, 4.69) is 4.98 Å². The van der Waals surface area contributed by atoms with Crippen LogP contribution in [-0.4, -0.2) is 22.6 Å². The first-order chi connectivity index (χ1) is 9.70. The predicted molar refractivity (Wildman–Crippen MR) is 76.1 cm³/mol. The molecule has 0 radical (unpaired) electrons. The van der Waals surface area contributed by atoms with E-state index < -0.39 is 5.91 Å². The third-order valence-electron chi connectivity index (χ3n) is 3.21. The minimum atomic E-state index is -0.429. The van der Waals surface area contributed by atoms with Gasteiger partial charge in [-0.25, -0.2) is 4.98 Å². The van der Waals surface area contributed by atoms with E-state index in [0.29, 0.717) is 11.4 Å². The highest BCUT2D eigenvalue weighted by Gasteiger charge is 2.10. The maximum absolute atomic E-state index is 11.4. The molecule has 0 atom stereocenters. The Labute approximate surface area is 115 Å². The fourth-order valence-corrected chi connectivity index (χ4v) is 2.24. The molecule has 5 nitrogen and oxygen atoms in total. The summed E-state index contributed by atoms with van der Waals surface area (Å²) in [5.41, 5.74) is 7.71. The van der Waals surface area contributed by atoms with Gasteiger partial charge in [0.15, 0.2) is 0 Å². The van der Waals surface area contributed by atoms with Crippen molar-refractivity contribution in [1.29, 1.82) is 0 Å². The molecular weight excluding hydrogens is 254 g/mol. The van der Waals surface area contributed by atoms with Gasteiger partial charge in [-0.1, -0.05) is 6.07 Å². The van der Waals surface area contributed by atoms with E-state index in [-0.39, 0.29) is 0 Å². The van der Waals surface area contributed by atoms with Gasteiger partial charge in [0, 0.05) is 23.2 Å². The lowest BCUT2D eigenvalue weighted by Gasteiger charge is -2.06. The number of hydrogen-bond acceptors (Lipinski definition) is 3. The Hall–Kier alpha value is -2.82. The summed E-state index contributed by atoms with van der Waals surface area (Å²) in [5.74, 6) is 0.129. The molecule has 0 fully saturated rings. The number of benzene rings is 1. The molecule has 5 heteroatoms. The number of primary amides is 1. The molecule has 2 N–H and O–H groups in total. The van der Waals surface area contributed by atoms with Crippen LogP contribution >= 0.6 is 0 Å². The number of hydrogen-bond donors (Lipinski definition) is 1. The van der Waals surface area contributed by atoms with E-state index >= 15 is 0 Å². The van der Waals surface area contributed by atoms with Crippen molar-refractivity contribution in [3.63, 3.8) is 0 Å². The quantitative estimate of drug-likeness (QED) is 0.790. The Morgan fingerprint density at radius 1 is 1.25 bits per heavy atom. The lowest BCUT2D eigenvalue weighted by atomic mass is 10.1. The molecule has 0 bridgehead atoms. The number of nitrogens with zero attached hydrogens (tertiary/aromatic N) is 2. The van der Waals surface area contributed by atoms with Crippen LogP contribution < -0.4 is 10.5 Å². The predicted octanol–water partition coefficient (Wildman–Crippen LogP) is 2.13. The molecule has 1 amide bonds. The molecule has 100 valence electrons. The lowest BCUT2D eigenvalue weighted by molar-refractivity contribution is 0.100. The second kappa shape index (κ2) is 4.70. The van der Waals surface area contributed by atoms with Crippen LogP contribution in [0.2, 0.25) is 0 Å². The first kappa shape index (κ1) is 12.2. The third-order valence-corrected chi connectivity index (χ3v) is 3.21. The highest BCUT2D eigenvalue weighted by molar-refractivity contribution is 6.06. The summed E-state index contributed by atoms with van der Waals surface area (Å²) in [4.78, 5) is 15.6. The largest absolute Gasteiger partial charge is 0.481 e. The zero-order valence-corrected chi connectivity index (χ0v) is 10.9. The van der Waals surface area contributed by atoms with Crippen LogP contribution in [0, 0.1) is 0 Å². The summed E-state index contributed by atoms with van der Waals surface area (Å²) in [5, 5.41) is 0.829. The van der Waals surface area contributed by atoms with Crippen molar-refractivity contribution in [1.82, 2.24) is 9.55 Å². The summed E-state index contributed by atoms with van der Waals surface area (Å²) in [6.07, 6.45) is 3.61. The molecule has 2 heterocycles. The number of aromatic nitrogens is 2. The van der Waals surface area contributed by atoms with Gasteiger partial charge in [0.2, 0.25) is 11.8 Å². The summed E-state index contributed by atoms with van der Waals surface area (Å²) in [6, 6.07) is 11.0. The molecule has 0 saturated carbocycles. The number of nitrogens with two attached hydrogens (primary N) is 1. The molecular formula is C15H13N3O2. The Morgan fingerprint density at radius 3 is 2.75 bits per heavy atom. The fraction of sp³-hybridized carbons (Fsp3) is 0.0667. The molecule has 0 aliphatic carbocycles. The number of pyridine rings is 1. The van der Waals surface area contributed by atoms with Gasteiger partial charge in [-0.15, -0.1) is 0 Å². The van der Waals surface area contributed by atoms with E-state index in [4.69, 9.17) is 10.5 Å². The van der Waals surface area contributed by atoms with E-state index in [1.165, 1.54) is 0 Å². The van der Waals surface area contributed by atoms with Crippen LogP contribution in [0.1, 0.15) is 10.4 Å². The SMILES string of the molecule is COc1ccc(-n2ccc3c(C(N)=O)cccc32)cn1. The Balaban J connectivity index is 2.17. The highest BCUT2D eigenvalue weighted by atomic mass is 16.5. The maximum atomic E-state index is 11.4. The van der Waals surface area contributed by atoms with Crippen LogP contribution in [0.3, 0.4) is 0 Å². The van der Waals surface area contributed by atoms with Crippen LogP contribution in [0.15, 0.2) is 48.8 Å². The van der Waals surface area contributed by atoms with Crippen molar-refractivity contribution in [2.24, 2.45) is 5.73 Å². The number of amides is 1. The second-order valence-electron chi connectivity index (χ2n) is 4.35.